The first-order chi connectivity index (χ1) is 30.3. The zero-order valence-electron chi connectivity index (χ0n) is 35.0. The molecule has 0 amide bonds. The molecule has 6 heteroatoms. The summed E-state index contributed by atoms with van der Waals surface area (Å²) in [4.78, 5) is 14.8. The predicted octanol–water partition coefficient (Wildman–Crippen LogP) is 13.4. The molecule has 0 saturated heterocycles. The maximum absolute atomic E-state index is 8.88. The predicted molar refractivity (Wildman–Crippen MR) is 230 cm³/mol. The van der Waals surface area contributed by atoms with Crippen LogP contribution in [0.4, 0.5) is 0 Å². The largest absolute Gasteiger partial charge is 0.456 e. The summed E-state index contributed by atoms with van der Waals surface area (Å²) in [5, 5.41) is 5.54. The molecular formula is C51H30N4O2. The molecule has 0 aliphatic heterocycles. The minimum Gasteiger partial charge on any atom is -0.456 e. The third-order valence-corrected chi connectivity index (χ3v) is 10.8. The smallest absolute Gasteiger partial charge is 0.164 e. The summed E-state index contributed by atoms with van der Waals surface area (Å²) in [5.74, 6) is 0.442. The molecule has 57 heavy (non-hydrogen) atoms. The highest BCUT2D eigenvalue weighted by Crippen LogP contribution is 2.41. The average molecular weight is 736 g/mol. The van der Waals surface area contributed by atoms with E-state index in [1.165, 1.54) is 0 Å². The molecule has 0 atom stereocenters. The molecule has 266 valence electrons. The maximum Gasteiger partial charge on any atom is 0.164 e. The highest BCUT2D eigenvalue weighted by Gasteiger charge is 2.21. The maximum atomic E-state index is 8.88. The normalized spacial score (nSPS) is 13.1. The topological polar surface area (TPSA) is 69.9 Å². The summed E-state index contributed by atoms with van der Waals surface area (Å²) < 4.78 is 58.1. The Balaban J connectivity index is 1.09. The van der Waals surface area contributed by atoms with Gasteiger partial charge in [0.2, 0.25) is 0 Å². The molecule has 4 heterocycles. The van der Waals surface area contributed by atoms with Crippen LogP contribution in [-0.4, -0.2) is 19.5 Å². The number of rotatable bonds is 5. The number of hydrogen-bond acceptors (Lipinski definition) is 5. The van der Waals surface area contributed by atoms with Gasteiger partial charge in [0, 0.05) is 60.8 Å². The number of hydrogen-bond donors (Lipinski definition) is 0. The summed E-state index contributed by atoms with van der Waals surface area (Å²) in [5.41, 5.74) is 9.06. The Morgan fingerprint density at radius 1 is 0.404 bits per heavy atom. The van der Waals surface area contributed by atoms with Crippen LogP contribution in [-0.2, 0) is 0 Å². The van der Waals surface area contributed by atoms with Crippen molar-refractivity contribution in [3.05, 3.63) is 182 Å². The number of aromatic nitrogens is 4. The third-order valence-electron chi connectivity index (χ3n) is 10.8. The van der Waals surface area contributed by atoms with Gasteiger partial charge < -0.3 is 13.4 Å². The van der Waals surface area contributed by atoms with Gasteiger partial charge in [-0.3, -0.25) is 0 Å². The van der Waals surface area contributed by atoms with Gasteiger partial charge in [-0.15, -0.1) is 0 Å². The summed E-state index contributed by atoms with van der Waals surface area (Å²) in [6, 6.07) is 48.3. The number of nitrogens with zero attached hydrogens (tertiary/aromatic N) is 4. The van der Waals surface area contributed by atoms with Crippen molar-refractivity contribution in [2.45, 2.75) is 0 Å². The Hall–Kier alpha value is -7.83. The lowest BCUT2D eigenvalue weighted by molar-refractivity contribution is 0.668. The summed E-state index contributed by atoms with van der Waals surface area (Å²) in [6.07, 6.45) is 0. The Morgan fingerprint density at radius 2 is 1.00 bits per heavy atom. The fraction of sp³-hybridized carbons (Fsp3) is 0. The van der Waals surface area contributed by atoms with Crippen LogP contribution in [0.15, 0.2) is 191 Å². The monoisotopic (exact) mass is 735 g/mol. The number of benzene rings is 8. The van der Waals surface area contributed by atoms with Crippen molar-refractivity contribution in [1.82, 2.24) is 19.5 Å². The lowest BCUT2D eigenvalue weighted by atomic mass is 10.0. The zero-order valence-corrected chi connectivity index (χ0v) is 30.0. The lowest BCUT2D eigenvalue weighted by Gasteiger charge is -2.10. The van der Waals surface area contributed by atoms with Gasteiger partial charge in [0.15, 0.2) is 17.5 Å². The molecule has 0 fully saturated rings. The first-order valence-electron chi connectivity index (χ1n) is 21.1. The molecule has 0 aliphatic carbocycles. The van der Waals surface area contributed by atoms with Crippen molar-refractivity contribution in [1.29, 1.82) is 0 Å². The number of furan rings is 2. The minimum atomic E-state index is -0.501. The van der Waals surface area contributed by atoms with Crippen molar-refractivity contribution in [3.63, 3.8) is 0 Å². The highest BCUT2D eigenvalue weighted by molar-refractivity contribution is 6.14. The molecule has 0 aliphatic rings. The van der Waals surface area contributed by atoms with E-state index in [1.807, 2.05) is 66.7 Å². The molecule has 8 aromatic carbocycles. The van der Waals surface area contributed by atoms with Crippen molar-refractivity contribution >= 4 is 65.7 Å². The second-order valence-electron chi connectivity index (χ2n) is 14.0. The molecule has 0 bridgehead atoms. The van der Waals surface area contributed by atoms with E-state index >= 15 is 0 Å². The Kier molecular flexibility index (Phi) is 5.82. The van der Waals surface area contributed by atoms with Crippen LogP contribution in [0, 0.1) is 0 Å². The molecule has 0 spiro atoms. The van der Waals surface area contributed by atoms with Crippen LogP contribution in [0.2, 0.25) is 0 Å². The molecule has 0 unspecified atom stereocenters. The first kappa shape index (κ1) is 26.9. The number of para-hydroxylation sites is 2. The quantitative estimate of drug-likeness (QED) is 0.176. The van der Waals surface area contributed by atoms with E-state index in [4.69, 9.17) is 30.6 Å². The molecule has 6 nitrogen and oxygen atoms in total. The van der Waals surface area contributed by atoms with Gasteiger partial charge in [-0.1, -0.05) is 133 Å². The van der Waals surface area contributed by atoms with E-state index in [2.05, 4.69) is 89.5 Å². The van der Waals surface area contributed by atoms with E-state index in [1.54, 1.807) is 0 Å². The van der Waals surface area contributed by atoms with Crippen LogP contribution in [0.1, 0.15) is 6.85 Å². The van der Waals surface area contributed by atoms with Crippen LogP contribution < -0.4 is 0 Å². The standard InChI is InChI=1S/C51H30N4O2/c1-3-13-31(14-4-1)33-25-27-36-35-17-7-9-21-41(35)55(42(36)29-33)34-26-28-38-46(30-34)57-45-24-12-20-40(48(38)45)51-53-49(32-15-5-2-6-16-32)52-50(54-51)39-19-11-23-44-47(39)37-18-8-10-22-43(37)56-44/h1-30H/i2D,5D,6D,15D,16D. The molecular weight excluding hydrogens is 701 g/mol. The van der Waals surface area contributed by atoms with Crippen LogP contribution >= 0.6 is 0 Å². The average Bonchev–Trinajstić information content (AvgIpc) is 3.99. The van der Waals surface area contributed by atoms with Gasteiger partial charge >= 0.3 is 0 Å². The Morgan fingerprint density at radius 3 is 1.77 bits per heavy atom. The Labute approximate surface area is 332 Å². The van der Waals surface area contributed by atoms with Gasteiger partial charge in [0.05, 0.1) is 17.9 Å². The lowest BCUT2D eigenvalue weighted by Crippen LogP contribution is -2.00. The van der Waals surface area contributed by atoms with Gasteiger partial charge in [0.1, 0.15) is 22.3 Å². The van der Waals surface area contributed by atoms with Crippen molar-refractivity contribution in [3.8, 4) is 51.0 Å². The van der Waals surface area contributed by atoms with Crippen LogP contribution in [0.25, 0.3) is 117 Å². The molecule has 0 radical (unpaired) electrons. The van der Waals surface area contributed by atoms with Gasteiger partial charge in [0.25, 0.3) is 0 Å². The summed E-state index contributed by atoms with van der Waals surface area (Å²) in [6.45, 7) is 0. The van der Waals surface area contributed by atoms with Gasteiger partial charge in [-0.05, 0) is 53.6 Å². The van der Waals surface area contributed by atoms with E-state index in [9.17, 15) is 0 Å². The summed E-state index contributed by atoms with van der Waals surface area (Å²) >= 11 is 0. The van der Waals surface area contributed by atoms with Crippen molar-refractivity contribution in [2.24, 2.45) is 0 Å². The van der Waals surface area contributed by atoms with Gasteiger partial charge in [-0.25, -0.2) is 15.0 Å². The summed E-state index contributed by atoms with van der Waals surface area (Å²) in [7, 11) is 0. The van der Waals surface area contributed by atoms with Crippen molar-refractivity contribution < 1.29 is 15.7 Å². The Bertz CT molecular complexity index is 3810. The van der Waals surface area contributed by atoms with Crippen LogP contribution in [0.5, 0.6) is 0 Å². The number of fused-ring (bicyclic) bond motifs is 9. The third kappa shape index (κ3) is 4.94. The van der Waals surface area contributed by atoms with E-state index in [-0.39, 0.29) is 23.0 Å². The highest BCUT2D eigenvalue weighted by atomic mass is 16.3. The zero-order chi connectivity index (χ0) is 41.8. The minimum absolute atomic E-state index is 0.0554. The fourth-order valence-electron chi connectivity index (χ4n) is 8.25. The van der Waals surface area contributed by atoms with Crippen LogP contribution in [0.3, 0.4) is 0 Å². The molecule has 0 saturated carbocycles. The molecule has 12 rings (SSSR count). The second kappa shape index (κ2) is 12.3. The van der Waals surface area contributed by atoms with Gasteiger partial charge in [-0.2, -0.15) is 0 Å². The van der Waals surface area contributed by atoms with E-state index in [0.29, 0.717) is 33.5 Å². The molecule has 4 aromatic heterocycles. The SMILES string of the molecule is [2H]c1c([2H])c([2H])c(-c2nc(-c3cccc4oc5ccccc5c34)nc(-c3cccc4oc5cc(-n6c7ccccc7c7ccc(-c8ccccc8)cc76)ccc5c34)n2)c([2H])c1[2H]. The van der Waals surface area contributed by atoms with Crippen molar-refractivity contribution in [2.75, 3.05) is 0 Å². The van der Waals surface area contributed by atoms with E-state index < -0.39 is 30.2 Å². The fourth-order valence-corrected chi connectivity index (χ4v) is 8.25. The van der Waals surface area contributed by atoms with E-state index in [0.717, 1.165) is 60.2 Å². The molecule has 0 N–H and O–H groups in total. The first-order valence-corrected chi connectivity index (χ1v) is 18.6. The second-order valence-corrected chi connectivity index (χ2v) is 14.0. The molecule has 12 aromatic rings.